The molecule has 0 aliphatic carbocycles. The number of benzene rings is 2. The molecule has 9 nitrogen and oxygen atoms in total. The minimum atomic E-state index is -0.804. The first-order chi connectivity index (χ1) is 14.9. The van der Waals surface area contributed by atoms with Gasteiger partial charge in [-0.2, -0.15) is 0 Å². The van der Waals surface area contributed by atoms with E-state index < -0.39 is 23.4 Å². The zero-order valence-electron chi connectivity index (χ0n) is 17.3. The summed E-state index contributed by atoms with van der Waals surface area (Å²) in [5.41, 5.74) is 0.934. The lowest BCUT2D eigenvalue weighted by molar-refractivity contribution is -0.385. The van der Waals surface area contributed by atoms with Crippen molar-refractivity contribution in [3.8, 4) is 17.2 Å². The van der Waals surface area contributed by atoms with Crippen molar-refractivity contribution in [1.29, 1.82) is 0 Å². The van der Waals surface area contributed by atoms with E-state index in [1.807, 2.05) is 0 Å². The number of hydrogen-bond donors (Lipinski definition) is 2. The highest BCUT2D eigenvalue weighted by Gasteiger charge is 2.30. The van der Waals surface area contributed by atoms with Gasteiger partial charge < -0.3 is 29.2 Å². The van der Waals surface area contributed by atoms with E-state index in [1.165, 1.54) is 20.3 Å². The predicted molar refractivity (Wildman–Crippen MR) is 113 cm³/mol. The maximum absolute atomic E-state index is 11.3. The van der Waals surface area contributed by atoms with Gasteiger partial charge in [0, 0.05) is 30.5 Å². The van der Waals surface area contributed by atoms with E-state index in [-0.39, 0.29) is 18.7 Å². The lowest BCUT2D eigenvalue weighted by Crippen LogP contribution is -2.40. The number of nitrogens with zero attached hydrogens (tertiary/aromatic N) is 1. The minimum Gasteiger partial charge on any atom is -0.497 e. The summed E-state index contributed by atoms with van der Waals surface area (Å²) in [5, 5.41) is 30.8. The number of rotatable bonds is 8. The SMILES string of the molecule is COc1cc(/C=C/c2ccccc2[N+](=O)[O-])c(OC2CC(O)CC(CO)O2)c(OC)c1. The normalized spacial score (nSPS) is 21.1. The zero-order chi connectivity index (χ0) is 22.4. The summed E-state index contributed by atoms with van der Waals surface area (Å²) in [7, 11) is 2.99. The molecule has 3 unspecified atom stereocenters. The summed E-state index contributed by atoms with van der Waals surface area (Å²) in [4.78, 5) is 10.9. The van der Waals surface area contributed by atoms with Crippen molar-refractivity contribution >= 4 is 17.8 Å². The van der Waals surface area contributed by atoms with Crippen molar-refractivity contribution in [2.45, 2.75) is 31.3 Å². The standard InChI is InChI=1S/C22H25NO8/c1-28-17-9-15(8-7-14-5-3-4-6-19(14)23(26)27)22(20(12-17)29-2)31-21-11-16(25)10-18(13-24)30-21/h3-9,12,16,18,21,24-25H,10-11,13H2,1-2H3/b8-7+. The van der Waals surface area contributed by atoms with Gasteiger partial charge in [0.15, 0.2) is 11.5 Å². The molecule has 1 fully saturated rings. The van der Waals surface area contributed by atoms with Gasteiger partial charge in [-0.3, -0.25) is 10.1 Å². The third kappa shape index (κ3) is 5.52. The maximum atomic E-state index is 11.3. The summed E-state index contributed by atoms with van der Waals surface area (Å²) < 4.78 is 22.5. The molecule has 1 heterocycles. The average Bonchev–Trinajstić information content (AvgIpc) is 2.77. The Bertz CT molecular complexity index is 945. The molecular formula is C22H25NO8. The summed E-state index contributed by atoms with van der Waals surface area (Å²) in [5.74, 6) is 1.20. The van der Waals surface area contributed by atoms with Gasteiger partial charge >= 0.3 is 0 Å². The summed E-state index contributed by atoms with van der Waals surface area (Å²) in [6, 6.07) is 9.71. The van der Waals surface area contributed by atoms with Crippen LogP contribution >= 0.6 is 0 Å². The van der Waals surface area contributed by atoms with Crippen molar-refractivity contribution in [2.75, 3.05) is 20.8 Å². The van der Waals surface area contributed by atoms with Crippen molar-refractivity contribution < 1.29 is 34.1 Å². The summed E-state index contributed by atoms with van der Waals surface area (Å²) in [6.07, 6.45) is 1.79. The fourth-order valence-electron chi connectivity index (χ4n) is 3.36. The Morgan fingerprint density at radius 1 is 1.16 bits per heavy atom. The Morgan fingerprint density at radius 3 is 2.58 bits per heavy atom. The first-order valence-corrected chi connectivity index (χ1v) is 9.73. The highest BCUT2D eigenvalue weighted by Crippen LogP contribution is 2.39. The number of hydrogen-bond acceptors (Lipinski definition) is 8. The van der Waals surface area contributed by atoms with Crippen LogP contribution in [0.4, 0.5) is 5.69 Å². The van der Waals surface area contributed by atoms with E-state index in [2.05, 4.69) is 0 Å². The maximum Gasteiger partial charge on any atom is 0.276 e. The first kappa shape index (κ1) is 22.5. The van der Waals surface area contributed by atoms with Gasteiger partial charge in [-0.05, 0) is 18.2 Å². The van der Waals surface area contributed by atoms with Crippen LogP contribution < -0.4 is 14.2 Å². The fourth-order valence-corrected chi connectivity index (χ4v) is 3.36. The number of para-hydroxylation sites is 1. The largest absolute Gasteiger partial charge is 0.497 e. The molecule has 3 atom stereocenters. The smallest absolute Gasteiger partial charge is 0.276 e. The van der Waals surface area contributed by atoms with Crippen molar-refractivity contribution in [3.63, 3.8) is 0 Å². The minimum absolute atomic E-state index is 0.0272. The number of aliphatic hydroxyl groups excluding tert-OH is 2. The number of methoxy groups -OCH3 is 2. The summed E-state index contributed by atoms with van der Waals surface area (Å²) in [6.45, 7) is -0.235. The molecule has 31 heavy (non-hydrogen) atoms. The van der Waals surface area contributed by atoms with Crippen LogP contribution in [-0.2, 0) is 4.74 Å². The third-order valence-electron chi connectivity index (χ3n) is 4.89. The lowest BCUT2D eigenvalue weighted by Gasteiger charge is -2.32. The Hall–Kier alpha value is -3.14. The molecule has 3 rings (SSSR count). The second-order valence-corrected chi connectivity index (χ2v) is 7.01. The average molecular weight is 431 g/mol. The Morgan fingerprint density at radius 2 is 1.90 bits per heavy atom. The van der Waals surface area contributed by atoms with Crippen molar-refractivity contribution in [3.05, 3.63) is 57.6 Å². The molecule has 0 aromatic heterocycles. The van der Waals surface area contributed by atoms with E-state index in [0.29, 0.717) is 34.8 Å². The van der Waals surface area contributed by atoms with Crippen LogP contribution in [-0.4, -0.2) is 54.5 Å². The van der Waals surface area contributed by atoms with E-state index in [9.17, 15) is 20.3 Å². The topological polar surface area (TPSA) is 121 Å². The van der Waals surface area contributed by atoms with Crippen LogP contribution in [0.25, 0.3) is 12.2 Å². The Balaban J connectivity index is 1.98. The van der Waals surface area contributed by atoms with E-state index >= 15 is 0 Å². The van der Waals surface area contributed by atoms with Crippen molar-refractivity contribution in [1.82, 2.24) is 0 Å². The Kier molecular flexibility index (Phi) is 7.45. The molecule has 1 aliphatic heterocycles. The van der Waals surface area contributed by atoms with Crippen LogP contribution in [0.3, 0.4) is 0 Å². The Labute approximate surface area is 179 Å². The van der Waals surface area contributed by atoms with Gasteiger partial charge in [-0.1, -0.05) is 18.2 Å². The monoisotopic (exact) mass is 431 g/mol. The second kappa shape index (κ2) is 10.3. The van der Waals surface area contributed by atoms with Gasteiger partial charge in [0.25, 0.3) is 5.69 Å². The highest BCUT2D eigenvalue weighted by atomic mass is 16.7. The molecule has 2 aromatic carbocycles. The van der Waals surface area contributed by atoms with Gasteiger partial charge in [0.2, 0.25) is 6.29 Å². The molecule has 166 valence electrons. The van der Waals surface area contributed by atoms with E-state index in [4.69, 9.17) is 18.9 Å². The van der Waals surface area contributed by atoms with Gasteiger partial charge in [0.1, 0.15) is 5.75 Å². The van der Waals surface area contributed by atoms with Gasteiger partial charge in [0.05, 0.1) is 43.5 Å². The molecule has 2 aromatic rings. The zero-order valence-corrected chi connectivity index (χ0v) is 17.3. The highest BCUT2D eigenvalue weighted by molar-refractivity contribution is 5.78. The molecule has 2 N–H and O–H groups in total. The van der Waals surface area contributed by atoms with Crippen LogP contribution in [0, 0.1) is 10.1 Å². The quantitative estimate of drug-likeness (QED) is 0.372. The molecule has 0 spiro atoms. The number of ether oxygens (including phenoxy) is 4. The molecule has 0 radical (unpaired) electrons. The van der Waals surface area contributed by atoms with E-state index in [1.54, 1.807) is 42.5 Å². The van der Waals surface area contributed by atoms with Crippen LogP contribution in [0.1, 0.15) is 24.0 Å². The molecule has 0 bridgehead atoms. The van der Waals surface area contributed by atoms with Crippen LogP contribution in [0.2, 0.25) is 0 Å². The predicted octanol–water partition coefficient (Wildman–Crippen LogP) is 3.02. The van der Waals surface area contributed by atoms with Gasteiger partial charge in [-0.25, -0.2) is 0 Å². The van der Waals surface area contributed by atoms with Crippen LogP contribution in [0.5, 0.6) is 17.2 Å². The molecule has 0 amide bonds. The summed E-state index contributed by atoms with van der Waals surface area (Å²) >= 11 is 0. The van der Waals surface area contributed by atoms with E-state index in [0.717, 1.165) is 0 Å². The van der Waals surface area contributed by atoms with Crippen molar-refractivity contribution in [2.24, 2.45) is 0 Å². The number of aliphatic hydroxyl groups is 2. The first-order valence-electron chi connectivity index (χ1n) is 9.73. The second-order valence-electron chi connectivity index (χ2n) is 7.01. The number of nitro benzene ring substituents is 1. The third-order valence-corrected chi connectivity index (χ3v) is 4.89. The molecular weight excluding hydrogens is 406 g/mol. The molecule has 9 heteroatoms. The van der Waals surface area contributed by atoms with Crippen LogP contribution in [0.15, 0.2) is 36.4 Å². The molecule has 1 aliphatic rings. The lowest BCUT2D eigenvalue weighted by atomic mass is 10.1. The molecule has 0 saturated carbocycles. The number of nitro groups is 1. The molecule has 1 saturated heterocycles. The van der Waals surface area contributed by atoms with Gasteiger partial charge in [-0.15, -0.1) is 0 Å². The fraction of sp³-hybridized carbons (Fsp3) is 0.364.